The summed E-state index contributed by atoms with van der Waals surface area (Å²) in [4.78, 5) is 17.1. The first kappa shape index (κ1) is 15.6. The number of hydrogen-bond donors (Lipinski definition) is 0. The minimum atomic E-state index is -0.285. The molecule has 2 aromatic carbocycles. The Labute approximate surface area is 137 Å². The largest absolute Gasteiger partial charge is 0.319 e. The van der Waals surface area contributed by atoms with Crippen LogP contribution >= 0.6 is 11.3 Å². The molecular weight excluding hydrogens is 311 g/mol. The number of nitrogens with zero attached hydrogens (tertiary/aromatic N) is 2. The average molecular weight is 328 g/mol. The van der Waals surface area contributed by atoms with Crippen LogP contribution in [-0.2, 0) is 18.3 Å². The fraction of sp³-hybridized carbons (Fsp3) is 0.222. The van der Waals surface area contributed by atoms with E-state index in [-0.39, 0.29) is 18.1 Å². The van der Waals surface area contributed by atoms with E-state index in [1.54, 1.807) is 6.07 Å². The molecule has 0 saturated heterocycles. The highest BCUT2D eigenvalue weighted by Gasteiger charge is 2.08. The van der Waals surface area contributed by atoms with Gasteiger partial charge in [-0.1, -0.05) is 35.1 Å². The Morgan fingerprint density at radius 3 is 2.78 bits per heavy atom. The van der Waals surface area contributed by atoms with Crippen molar-refractivity contribution in [1.29, 1.82) is 0 Å². The zero-order valence-electron chi connectivity index (χ0n) is 13.3. The molecule has 0 radical (unpaired) electrons. The molecule has 0 atom stereocenters. The Hall–Kier alpha value is -2.27. The second-order valence-corrected chi connectivity index (χ2v) is 6.68. The number of aryl methyl sites for hydroxylation is 3. The van der Waals surface area contributed by atoms with Crippen molar-refractivity contribution < 1.29 is 9.18 Å². The predicted octanol–water partition coefficient (Wildman–Crippen LogP) is 3.67. The van der Waals surface area contributed by atoms with Gasteiger partial charge in [-0.3, -0.25) is 4.79 Å². The van der Waals surface area contributed by atoms with Crippen LogP contribution in [0.4, 0.5) is 4.39 Å². The highest BCUT2D eigenvalue weighted by Crippen LogP contribution is 2.17. The van der Waals surface area contributed by atoms with Crippen LogP contribution in [0.15, 0.2) is 41.4 Å². The first-order chi connectivity index (χ1) is 10.9. The minimum absolute atomic E-state index is 0.193. The Bertz CT molecular complexity index is 969. The molecular formula is C18H17FN2OS. The summed E-state index contributed by atoms with van der Waals surface area (Å²) in [5, 5.41) is 0. The number of halogens is 1. The summed E-state index contributed by atoms with van der Waals surface area (Å²) < 4.78 is 15.9. The van der Waals surface area contributed by atoms with E-state index in [1.807, 2.05) is 43.7 Å². The molecule has 5 heteroatoms. The summed E-state index contributed by atoms with van der Waals surface area (Å²) in [6, 6.07) is 10.6. The quantitative estimate of drug-likeness (QED) is 0.707. The summed E-state index contributed by atoms with van der Waals surface area (Å²) in [5.41, 5.74) is 4.08. The summed E-state index contributed by atoms with van der Waals surface area (Å²) in [6.07, 6.45) is 0.274. The first-order valence-corrected chi connectivity index (χ1v) is 8.14. The average Bonchev–Trinajstić information content (AvgIpc) is 2.78. The van der Waals surface area contributed by atoms with E-state index < -0.39 is 0 Å². The van der Waals surface area contributed by atoms with Crippen molar-refractivity contribution in [3.05, 3.63) is 63.7 Å². The van der Waals surface area contributed by atoms with Crippen molar-refractivity contribution >= 4 is 27.5 Å². The number of carbonyl (C=O) groups excluding carboxylic acids is 1. The van der Waals surface area contributed by atoms with Gasteiger partial charge in [-0.15, -0.1) is 0 Å². The second-order valence-electron chi connectivity index (χ2n) is 5.67. The van der Waals surface area contributed by atoms with Gasteiger partial charge in [0, 0.05) is 7.05 Å². The van der Waals surface area contributed by atoms with Crippen LogP contribution in [0, 0.1) is 19.7 Å². The van der Waals surface area contributed by atoms with Crippen LogP contribution in [0.2, 0.25) is 0 Å². The normalized spacial score (nSPS) is 12.1. The van der Waals surface area contributed by atoms with Crippen molar-refractivity contribution in [2.75, 3.05) is 0 Å². The third-order valence-electron chi connectivity index (χ3n) is 3.84. The van der Waals surface area contributed by atoms with Gasteiger partial charge in [0.1, 0.15) is 5.82 Å². The maximum absolute atomic E-state index is 13.3. The number of aromatic nitrogens is 1. The van der Waals surface area contributed by atoms with E-state index in [2.05, 4.69) is 4.99 Å². The molecule has 1 aromatic heterocycles. The number of amides is 1. The van der Waals surface area contributed by atoms with E-state index in [1.165, 1.54) is 23.5 Å². The maximum atomic E-state index is 13.3. The number of rotatable bonds is 2. The molecule has 0 N–H and O–H groups in total. The molecule has 0 unspecified atom stereocenters. The molecule has 1 amide bonds. The molecule has 0 aliphatic carbocycles. The topological polar surface area (TPSA) is 34.4 Å². The first-order valence-electron chi connectivity index (χ1n) is 7.33. The highest BCUT2D eigenvalue weighted by molar-refractivity contribution is 7.16. The van der Waals surface area contributed by atoms with Gasteiger partial charge in [0.05, 0.1) is 16.6 Å². The Morgan fingerprint density at radius 1 is 1.22 bits per heavy atom. The standard InChI is InChI=1S/C18H17FN2OS/c1-11-4-5-12(2)13(8-11)9-17(22)20-18-21(3)15-7-6-14(19)10-16(15)23-18/h4-8,10H,9H2,1-3H3. The second kappa shape index (κ2) is 6.08. The van der Waals surface area contributed by atoms with Crippen molar-refractivity contribution in [3.63, 3.8) is 0 Å². The Morgan fingerprint density at radius 2 is 2.00 bits per heavy atom. The summed E-state index contributed by atoms with van der Waals surface area (Å²) in [6.45, 7) is 4.00. The van der Waals surface area contributed by atoms with Gasteiger partial charge < -0.3 is 4.57 Å². The summed E-state index contributed by atoms with van der Waals surface area (Å²) >= 11 is 1.32. The van der Waals surface area contributed by atoms with Gasteiger partial charge in [0.15, 0.2) is 4.80 Å². The highest BCUT2D eigenvalue weighted by atomic mass is 32.1. The lowest BCUT2D eigenvalue weighted by Crippen LogP contribution is -2.14. The number of hydrogen-bond acceptors (Lipinski definition) is 2. The molecule has 3 aromatic rings. The van der Waals surface area contributed by atoms with Crippen LogP contribution < -0.4 is 4.80 Å². The van der Waals surface area contributed by atoms with E-state index in [4.69, 9.17) is 0 Å². The monoisotopic (exact) mass is 328 g/mol. The van der Waals surface area contributed by atoms with Crippen molar-refractivity contribution in [2.24, 2.45) is 12.0 Å². The van der Waals surface area contributed by atoms with Gasteiger partial charge in [-0.2, -0.15) is 4.99 Å². The molecule has 3 rings (SSSR count). The zero-order valence-corrected chi connectivity index (χ0v) is 14.1. The zero-order chi connectivity index (χ0) is 16.6. The third-order valence-corrected chi connectivity index (χ3v) is 4.93. The molecule has 3 nitrogen and oxygen atoms in total. The van der Waals surface area contributed by atoms with E-state index in [0.29, 0.717) is 4.80 Å². The van der Waals surface area contributed by atoms with Gasteiger partial charge >= 0.3 is 0 Å². The molecule has 0 fully saturated rings. The third kappa shape index (κ3) is 3.24. The molecule has 118 valence electrons. The van der Waals surface area contributed by atoms with Crippen LogP contribution in [0.25, 0.3) is 10.2 Å². The fourth-order valence-electron chi connectivity index (χ4n) is 2.51. The molecule has 0 aliphatic heterocycles. The van der Waals surface area contributed by atoms with E-state index in [0.717, 1.165) is 26.9 Å². The fourth-order valence-corrected chi connectivity index (χ4v) is 3.57. The van der Waals surface area contributed by atoms with Crippen LogP contribution in [0.5, 0.6) is 0 Å². The van der Waals surface area contributed by atoms with Crippen molar-refractivity contribution in [3.8, 4) is 0 Å². The van der Waals surface area contributed by atoms with Crippen molar-refractivity contribution in [1.82, 2.24) is 4.57 Å². The van der Waals surface area contributed by atoms with Crippen LogP contribution in [0.1, 0.15) is 16.7 Å². The molecule has 1 heterocycles. The maximum Gasteiger partial charge on any atom is 0.252 e. The van der Waals surface area contributed by atoms with Gasteiger partial charge in [0.2, 0.25) is 0 Å². The Kier molecular flexibility index (Phi) is 4.13. The number of fused-ring (bicyclic) bond motifs is 1. The predicted molar refractivity (Wildman–Crippen MR) is 90.9 cm³/mol. The lowest BCUT2D eigenvalue weighted by Gasteiger charge is -2.04. The molecule has 23 heavy (non-hydrogen) atoms. The molecule has 0 saturated carbocycles. The lowest BCUT2D eigenvalue weighted by atomic mass is 10.0. The Balaban J connectivity index is 1.96. The number of carbonyl (C=O) groups is 1. The number of thiazole rings is 1. The van der Waals surface area contributed by atoms with Gasteiger partial charge in [-0.25, -0.2) is 4.39 Å². The van der Waals surface area contributed by atoms with Gasteiger partial charge in [0.25, 0.3) is 5.91 Å². The van der Waals surface area contributed by atoms with Crippen LogP contribution in [0.3, 0.4) is 0 Å². The summed E-state index contributed by atoms with van der Waals surface area (Å²) in [5.74, 6) is -0.478. The minimum Gasteiger partial charge on any atom is -0.319 e. The van der Waals surface area contributed by atoms with Gasteiger partial charge in [-0.05, 0) is 43.2 Å². The van der Waals surface area contributed by atoms with E-state index >= 15 is 0 Å². The summed E-state index contributed by atoms with van der Waals surface area (Å²) in [7, 11) is 1.83. The molecule has 0 spiro atoms. The lowest BCUT2D eigenvalue weighted by molar-refractivity contribution is -0.117. The smallest absolute Gasteiger partial charge is 0.252 e. The van der Waals surface area contributed by atoms with Crippen LogP contribution in [-0.4, -0.2) is 10.5 Å². The number of benzene rings is 2. The SMILES string of the molecule is Cc1ccc(C)c(CC(=O)N=c2sc3cc(F)ccc3n2C)c1. The molecule has 0 aliphatic rings. The molecule has 0 bridgehead atoms. The van der Waals surface area contributed by atoms with E-state index in [9.17, 15) is 9.18 Å². The van der Waals surface area contributed by atoms with Crippen molar-refractivity contribution in [2.45, 2.75) is 20.3 Å².